The van der Waals surface area contributed by atoms with Crippen molar-refractivity contribution in [2.45, 2.75) is 6.42 Å². The normalized spacial score (nSPS) is 10.6. The molecule has 0 saturated carbocycles. The molecule has 1 aromatic heterocycles. The highest BCUT2D eigenvalue weighted by molar-refractivity contribution is 6.33. The molecule has 0 aliphatic carbocycles. The predicted molar refractivity (Wildman–Crippen MR) is 87.0 cm³/mol. The third-order valence-electron chi connectivity index (χ3n) is 3.34. The van der Waals surface area contributed by atoms with Gasteiger partial charge in [0, 0.05) is 17.5 Å². The van der Waals surface area contributed by atoms with Gasteiger partial charge in [-0.2, -0.15) is 5.10 Å². The molecule has 0 aliphatic heterocycles. The van der Waals surface area contributed by atoms with Crippen LogP contribution in [0.4, 0.5) is 5.69 Å². The second kappa shape index (κ2) is 6.07. The maximum atomic E-state index is 5.93. The standard InChI is InChI=1S/C16H15ClN4O/c1-22-14-5-3-2-4-10(14)9-15-19-16(21-20-15)11-6-7-12(17)13(18)8-11/h2-8H,9,18H2,1H3,(H,19,20,21). The Kier molecular flexibility index (Phi) is 3.98. The maximum absolute atomic E-state index is 5.93. The number of hydrogen-bond acceptors (Lipinski definition) is 4. The summed E-state index contributed by atoms with van der Waals surface area (Å²) in [6.45, 7) is 0. The van der Waals surface area contributed by atoms with Crippen LogP contribution in [0.15, 0.2) is 42.5 Å². The molecule has 112 valence electrons. The van der Waals surface area contributed by atoms with Gasteiger partial charge in [0.05, 0.1) is 17.8 Å². The minimum atomic E-state index is 0.509. The lowest BCUT2D eigenvalue weighted by atomic mass is 10.1. The SMILES string of the molecule is COc1ccccc1Cc1nc(-c2ccc(Cl)c(N)c2)n[nH]1. The number of methoxy groups -OCH3 is 1. The Hall–Kier alpha value is -2.53. The molecule has 0 amide bonds. The van der Waals surface area contributed by atoms with E-state index in [0.29, 0.717) is 23.0 Å². The Balaban J connectivity index is 1.86. The fraction of sp³-hybridized carbons (Fsp3) is 0.125. The quantitative estimate of drug-likeness (QED) is 0.724. The number of halogens is 1. The van der Waals surface area contributed by atoms with Crippen LogP contribution in [-0.2, 0) is 6.42 Å². The first-order valence-corrected chi connectivity index (χ1v) is 7.13. The Labute approximate surface area is 133 Å². The van der Waals surface area contributed by atoms with E-state index < -0.39 is 0 Å². The third-order valence-corrected chi connectivity index (χ3v) is 3.68. The number of ether oxygens (including phenoxy) is 1. The summed E-state index contributed by atoms with van der Waals surface area (Å²) < 4.78 is 5.34. The molecule has 6 heteroatoms. The number of H-pyrrole nitrogens is 1. The van der Waals surface area contributed by atoms with E-state index in [4.69, 9.17) is 22.1 Å². The zero-order valence-corrected chi connectivity index (χ0v) is 12.8. The van der Waals surface area contributed by atoms with E-state index >= 15 is 0 Å². The van der Waals surface area contributed by atoms with Gasteiger partial charge in [-0.15, -0.1) is 0 Å². The first kappa shape index (κ1) is 14.4. The molecule has 0 aliphatic rings. The van der Waals surface area contributed by atoms with Crippen LogP contribution < -0.4 is 10.5 Å². The number of nitrogens with zero attached hydrogens (tertiary/aromatic N) is 2. The summed E-state index contributed by atoms with van der Waals surface area (Å²) in [4.78, 5) is 4.50. The molecule has 3 aromatic rings. The highest BCUT2D eigenvalue weighted by Gasteiger charge is 2.10. The monoisotopic (exact) mass is 314 g/mol. The summed E-state index contributed by atoms with van der Waals surface area (Å²) in [6, 6.07) is 13.2. The van der Waals surface area contributed by atoms with E-state index in [2.05, 4.69) is 15.2 Å². The lowest BCUT2D eigenvalue weighted by molar-refractivity contribution is 0.410. The molecule has 0 saturated heterocycles. The van der Waals surface area contributed by atoms with Crippen molar-refractivity contribution in [3.05, 3.63) is 58.9 Å². The first-order valence-electron chi connectivity index (χ1n) is 6.76. The number of para-hydroxylation sites is 1. The van der Waals surface area contributed by atoms with Crippen molar-refractivity contribution < 1.29 is 4.74 Å². The van der Waals surface area contributed by atoms with Crippen LogP contribution in [0.25, 0.3) is 11.4 Å². The average molecular weight is 315 g/mol. The van der Waals surface area contributed by atoms with Gasteiger partial charge >= 0.3 is 0 Å². The number of nitrogens with one attached hydrogen (secondary N) is 1. The summed E-state index contributed by atoms with van der Waals surface area (Å²) >= 11 is 5.93. The molecule has 0 atom stereocenters. The van der Waals surface area contributed by atoms with E-state index in [9.17, 15) is 0 Å². The number of aromatic nitrogens is 3. The van der Waals surface area contributed by atoms with E-state index in [-0.39, 0.29) is 0 Å². The molecule has 5 nitrogen and oxygen atoms in total. The molecule has 22 heavy (non-hydrogen) atoms. The van der Waals surface area contributed by atoms with E-state index in [1.54, 1.807) is 19.2 Å². The van der Waals surface area contributed by atoms with Gasteiger partial charge in [-0.1, -0.05) is 29.8 Å². The summed E-state index contributed by atoms with van der Waals surface area (Å²) in [7, 11) is 1.65. The van der Waals surface area contributed by atoms with Crippen molar-refractivity contribution >= 4 is 17.3 Å². The van der Waals surface area contributed by atoms with Gasteiger partial charge in [-0.05, 0) is 24.3 Å². The lowest BCUT2D eigenvalue weighted by Crippen LogP contribution is -1.95. The van der Waals surface area contributed by atoms with Crippen molar-refractivity contribution in [3.63, 3.8) is 0 Å². The number of anilines is 1. The fourth-order valence-electron chi connectivity index (χ4n) is 2.22. The molecule has 0 radical (unpaired) electrons. The van der Waals surface area contributed by atoms with Crippen LogP contribution in [0.5, 0.6) is 5.75 Å². The maximum Gasteiger partial charge on any atom is 0.181 e. The molecule has 0 fully saturated rings. The Morgan fingerprint density at radius 1 is 1.23 bits per heavy atom. The van der Waals surface area contributed by atoms with Gasteiger partial charge in [0.25, 0.3) is 0 Å². The van der Waals surface area contributed by atoms with Crippen LogP contribution >= 0.6 is 11.6 Å². The topological polar surface area (TPSA) is 76.8 Å². The third kappa shape index (κ3) is 2.89. The van der Waals surface area contributed by atoms with Gasteiger partial charge in [0.2, 0.25) is 0 Å². The van der Waals surface area contributed by atoms with Gasteiger partial charge in [-0.25, -0.2) is 4.98 Å². The van der Waals surface area contributed by atoms with E-state index in [1.165, 1.54) is 0 Å². The van der Waals surface area contributed by atoms with Crippen LogP contribution in [0.1, 0.15) is 11.4 Å². The Morgan fingerprint density at radius 2 is 2.05 bits per heavy atom. The predicted octanol–water partition coefficient (Wildman–Crippen LogP) is 3.31. The molecule has 1 heterocycles. The highest BCUT2D eigenvalue weighted by atomic mass is 35.5. The van der Waals surface area contributed by atoms with Crippen molar-refractivity contribution in [2.24, 2.45) is 0 Å². The zero-order valence-electron chi connectivity index (χ0n) is 12.0. The van der Waals surface area contributed by atoms with Crippen molar-refractivity contribution in [1.29, 1.82) is 0 Å². The lowest BCUT2D eigenvalue weighted by Gasteiger charge is -2.05. The summed E-state index contributed by atoms with van der Waals surface area (Å²) in [5.74, 6) is 2.18. The van der Waals surface area contributed by atoms with Gasteiger partial charge < -0.3 is 10.5 Å². The Morgan fingerprint density at radius 3 is 2.82 bits per heavy atom. The molecular formula is C16H15ClN4O. The largest absolute Gasteiger partial charge is 0.496 e. The van der Waals surface area contributed by atoms with Gasteiger partial charge in [-0.3, -0.25) is 5.10 Å². The minimum absolute atomic E-state index is 0.509. The second-order valence-corrected chi connectivity index (χ2v) is 5.24. The number of nitrogen functional groups attached to an aromatic ring is 1. The number of nitrogens with two attached hydrogens (primary N) is 1. The van der Waals surface area contributed by atoms with Crippen molar-refractivity contribution in [3.8, 4) is 17.1 Å². The molecule has 3 N–H and O–H groups in total. The number of aromatic amines is 1. The highest BCUT2D eigenvalue weighted by Crippen LogP contribution is 2.25. The minimum Gasteiger partial charge on any atom is -0.496 e. The zero-order chi connectivity index (χ0) is 15.5. The van der Waals surface area contributed by atoms with Crippen molar-refractivity contribution in [1.82, 2.24) is 15.2 Å². The average Bonchev–Trinajstić information content (AvgIpc) is 2.99. The molecule has 3 rings (SSSR count). The second-order valence-electron chi connectivity index (χ2n) is 4.83. The molecule has 0 spiro atoms. The number of hydrogen-bond donors (Lipinski definition) is 2. The van der Waals surface area contributed by atoms with E-state index in [1.807, 2.05) is 30.3 Å². The first-order chi connectivity index (χ1) is 10.7. The van der Waals surface area contributed by atoms with Gasteiger partial charge in [0.1, 0.15) is 11.6 Å². The van der Waals surface area contributed by atoms with Gasteiger partial charge in [0.15, 0.2) is 5.82 Å². The van der Waals surface area contributed by atoms with Crippen molar-refractivity contribution in [2.75, 3.05) is 12.8 Å². The summed E-state index contributed by atoms with van der Waals surface area (Å²) in [5.41, 5.74) is 8.19. The summed E-state index contributed by atoms with van der Waals surface area (Å²) in [5, 5.41) is 7.70. The van der Waals surface area contributed by atoms with Crippen LogP contribution in [0.3, 0.4) is 0 Å². The Bertz CT molecular complexity index is 800. The smallest absolute Gasteiger partial charge is 0.181 e. The molecule has 2 aromatic carbocycles. The number of benzene rings is 2. The van der Waals surface area contributed by atoms with Crippen LogP contribution in [-0.4, -0.2) is 22.3 Å². The molecule has 0 unspecified atom stereocenters. The molecule has 0 bridgehead atoms. The number of rotatable bonds is 4. The fourth-order valence-corrected chi connectivity index (χ4v) is 2.33. The summed E-state index contributed by atoms with van der Waals surface area (Å²) in [6.07, 6.45) is 0.611. The van der Waals surface area contributed by atoms with Crippen LogP contribution in [0.2, 0.25) is 5.02 Å². The van der Waals surface area contributed by atoms with E-state index in [0.717, 1.165) is 22.7 Å². The molecular weight excluding hydrogens is 300 g/mol. The van der Waals surface area contributed by atoms with Crippen LogP contribution in [0, 0.1) is 0 Å².